The second-order valence-electron chi connectivity index (χ2n) is 2.95. The van der Waals surface area contributed by atoms with E-state index in [0.29, 0.717) is 25.1 Å². The molecular weight excluding hydrogens is 170 g/mol. The molecule has 1 atom stereocenters. The smallest absolute Gasteiger partial charge is 0.330 e. The van der Waals surface area contributed by atoms with Crippen LogP contribution in [0.1, 0.15) is 13.3 Å². The molecule has 4 heteroatoms. The van der Waals surface area contributed by atoms with Crippen molar-refractivity contribution in [3.8, 4) is 0 Å². The number of hydrogen-bond acceptors (Lipinski definition) is 4. The minimum atomic E-state index is -0.495. The summed E-state index contributed by atoms with van der Waals surface area (Å²) in [4.78, 5) is 11.0. The van der Waals surface area contributed by atoms with Crippen LogP contribution in [0.2, 0.25) is 0 Å². The number of carbonyl (C=O) groups excluding carboxylic acids is 1. The van der Waals surface area contributed by atoms with Crippen molar-refractivity contribution in [2.75, 3.05) is 19.7 Å². The average molecular weight is 185 g/mol. The van der Waals surface area contributed by atoms with E-state index in [4.69, 9.17) is 4.74 Å². The third kappa shape index (κ3) is 3.16. The molecule has 1 aliphatic heterocycles. The van der Waals surface area contributed by atoms with E-state index in [1.54, 1.807) is 6.92 Å². The van der Waals surface area contributed by atoms with E-state index in [1.807, 2.05) is 0 Å². The molecule has 1 aliphatic rings. The Hall–Kier alpha value is -0.870. The molecule has 2 N–H and O–H groups in total. The first-order valence-electron chi connectivity index (χ1n) is 4.50. The fourth-order valence-electron chi connectivity index (χ4n) is 1.26. The molecule has 0 aromatic rings. The van der Waals surface area contributed by atoms with Crippen LogP contribution in [0.3, 0.4) is 0 Å². The van der Waals surface area contributed by atoms with E-state index in [9.17, 15) is 9.90 Å². The van der Waals surface area contributed by atoms with Gasteiger partial charge in [0.25, 0.3) is 0 Å². The summed E-state index contributed by atoms with van der Waals surface area (Å²) in [5, 5.41) is 12.5. The van der Waals surface area contributed by atoms with E-state index >= 15 is 0 Å². The van der Waals surface area contributed by atoms with Crippen molar-refractivity contribution in [1.82, 2.24) is 5.32 Å². The van der Waals surface area contributed by atoms with Crippen LogP contribution in [-0.4, -0.2) is 36.9 Å². The van der Waals surface area contributed by atoms with Gasteiger partial charge in [-0.1, -0.05) is 0 Å². The lowest BCUT2D eigenvalue weighted by Gasteiger charge is -2.21. The zero-order valence-corrected chi connectivity index (χ0v) is 7.75. The van der Waals surface area contributed by atoms with Crippen LogP contribution in [-0.2, 0) is 9.53 Å². The van der Waals surface area contributed by atoms with Crippen LogP contribution in [0.5, 0.6) is 0 Å². The van der Waals surface area contributed by atoms with Crippen molar-refractivity contribution in [3.63, 3.8) is 0 Å². The largest absolute Gasteiger partial charge is 0.463 e. The maximum Gasteiger partial charge on any atom is 0.330 e. The number of nitrogens with one attached hydrogen (secondary N) is 1. The molecule has 0 saturated carbocycles. The molecule has 4 nitrogen and oxygen atoms in total. The Morgan fingerprint density at radius 1 is 1.85 bits per heavy atom. The minimum absolute atomic E-state index is 0.367. The molecule has 1 unspecified atom stereocenters. The van der Waals surface area contributed by atoms with Crippen molar-refractivity contribution in [3.05, 3.63) is 11.6 Å². The Kier molecular flexibility index (Phi) is 3.92. The van der Waals surface area contributed by atoms with Crippen molar-refractivity contribution >= 4 is 5.97 Å². The van der Waals surface area contributed by atoms with Gasteiger partial charge < -0.3 is 15.2 Å². The molecule has 1 heterocycles. The SMILES string of the molecule is CCOC(=O)/C=C1/CNCCC1O. The van der Waals surface area contributed by atoms with Gasteiger partial charge in [-0.25, -0.2) is 4.79 Å². The molecule has 74 valence electrons. The topological polar surface area (TPSA) is 58.6 Å². The molecule has 13 heavy (non-hydrogen) atoms. The maximum absolute atomic E-state index is 11.0. The molecule has 0 spiro atoms. The fraction of sp³-hybridized carbons (Fsp3) is 0.667. The highest BCUT2D eigenvalue weighted by atomic mass is 16.5. The summed E-state index contributed by atoms with van der Waals surface area (Å²) >= 11 is 0. The highest BCUT2D eigenvalue weighted by Gasteiger charge is 2.16. The zero-order chi connectivity index (χ0) is 9.68. The molecule has 1 fully saturated rings. The van der Waals surface area contributed by atoms with Crippen LogP contribution >= 0.6 is 0 Å². The van der Waals surface area contributed by atoms with E-state index in [1.165, 1.54) is 6.08 Å². The quantitative estimate of drug-likeness (QED) is 0.463. The molecule has 1 rings (SSSR count). The van der Waals surface area contributed by atoms with Crippen molar-refractivity contribution in [1.29, 1.82) is 0 Å². The summed E-state index contributed by atoms with van der Waals surface area (Å²) in [7, 11) is 0. The average Bonchev–Trinajstić information content (AvgIpc) is 2.09. The third-order valence-corrected chi connectivity index (χ3v) is 1.94. The monoisotopic (exact) mass is 185 g/mol. The van der Waals surface area contributed by atoms with Crippen molar-refractivity contribution < 1.29 is 14.6 Å². The number of piperidine rings is 1. The summed E-state index contributed by atoms with van der Waals surface area (Å²) in [6, 6.07) is 0. The van der Waals surface area contributed by atoms with Crippen LogP contribution in [0.25, 0.3) is 0 Å². The maximum atomic E-state index is 11.0. The molecule has 0 radical (unpaired) electrons. The molecule has 0 amide bonds. The van der Waals surface area contributed by atoms with Gasteiger partial charge in [0.2, 0.25) is 0 Å². The van der Waals surface area contributed by atoms with Crippen molar-refractivity contribution in [2.45, 2.75) is 19.4 Å². The summed E-state index contributed by atoms with van der Waals surface area (Å²) in [6.45, 7) is 3.49. The molecule has 1 saturated heterocycles. The lowest BCUT2D eigenvalue weighted by Crippen LogP contribution is -2.33. The first kappa shape index (κ1) is 10.2. The molecule has 0 aromatic heterocycles. The van der Waals surface area contributed by atoms with E-state index in [2.05, 4.69) is 5.32 Å². The van der Waals surface area contributed by atoms with Gasteiger partial charge >= 0.3 is 5.97 Å². The molecule has 0 aliphatic carbocycles. The van der Waals surface area contributed by atoms with Crippen LogP contribution in [0, 0.1) is 0 Å². The van der Waals surface area contributed by atoms with Crippen LogP contribution in [0.4, 0.5) is 0 Å². The van der Waals surface area contributed by atoms with Crippen LogP contribution in [0.15, 0.2) is 11.6 Å². The summed E-state index contributed by atoms with van der Waals surface area (Å²) in [5.74, 6) is -0.375. The Labute approximate surface area is 77.6 Å². The Morgan fingerprint density at radius 2 is 2.62 bits per heavy atom. The van der Waals surface area contributed by atoms with Crippen LogP contribution < -0.4 is 5.32 Å². The third-order valence-electron chi connectivity index (χ3n) is 1.94. The van der Waals surface area contributed by atoms with Gasteiger partial charge in [0.15, 0.2) is 0 Å². The summed E-state index contributed by atoms with van der Waals surface area (Å²) in [5.41, 5.74) is 0.713. The predicted octanol–water partition coefficient (Wildman–Crippen LogP) is -0.170. The predicted molar refractivity (Wildman–Crippen MR) is 48.2 cm³/mol. The van der Waals surface area contributed by atoms with E-state index < -0.39 is 6.10 Å². The van der Waals surface area contributed by atoms with E-state index in [0.717, 1.165) is 6.54 Å². The molecule has 0 bridgehead atoms. The number of hydrogen-bond donors (Lipinski definition) is 2. The second-order valence-corrected chi connectivity index (χ2v) is 2.95. The van der Waals surface area contributed by atoms with Gasteiger partial charge in [0, 0.05) is 12.6 Å². The van der Waals surface area contributed by atoms with Gasteiger partial charge in [-0.05, 0) is 25.5 Å². The van der Waals surface area contributed by atoms with Crippen molar-refractivity contribution in [2.24, 2.45) is 0 Å². The number of ether oxygens (including phenoxy) is 1. The fourth-order valence-corrected chi connectivity index (χ4v) is 1.26. The first-order chi connectivity index (χ1) is 6.24. The van der Waals surface area contributed by atoms with Gasteiger partial charge in [-0.2, -0.15) is 0 Å². The molecular formula is C9H15NO3. The Morgan fingerprint density at radius 3 is 3.23 bits per heavy atom. The first-order valence-corrected chi connectivity index (χ1v) is 4.50. The lowest BCUT2D eigenvalue weighted by molar-refractivity contribution is -0.137. The normalized spacial score (nSPS) is 26.0. The number of aliphatic hydroxyl groups is 1. The lowest BCUT2D eigenvalue weighted by atomic mass is 10.0. The van der Waals surface area contributed by atoms with Gasteiger partial charge in [-0.15, -0.1) is 0 Å². The second kappa shape index (κ2) is 4.99. The van der Waals surface area contributed by atoms with Gasteiger partial charge in [-0.3, -0.25) is 0 Å². The highest BCUT2D eigenvalue weighted by Crippen LogP contribution is 2.09. The number of rotatable bonds is 2. The Bertz CT molecular complexity index is 213. The number of carbonyl (C=O) groups is 1. The zero-order valence-electron chi connectivity index (χ0n) is 7.75. The highest BCUT2D eigenvalue weighted by molar-refractivity contribution is 5.83. The van der Waals surface area contributed by atoms with Gasteiger partial charge in [0.1, 0.15) is 0 Å². The molecule has 0 aromatic carbocycles. The number of aliphatic hydroxyl groups excluding tert-OH is 1. The van der Waals surface area contributed by atoms with Gasteiger partial charge in [0.05, 0.1) is 12.7 Å². The Balaban J connectivity index is 2.52. The number of esters is 1. The van der Waals surface area contributed by atoms with E-state index in [-0.39, 0.29) is 5.97 Å². The summed E-state index contributed by atoms with van der Waals surface area (Å²) in [6.07, 6.45) is 1.54. The summed E-state index contributed by atoms with van der Waals surface area (Å²) < 4.78 is 4.74. The standard InChI is InChI=1S/C9H15NO3/c1-2-13-9(12)5-7-6-10-4-3-8(7)11/h5,8,10-11H,2-4,6H2,1H3/b7-5-. The minimum Gasteiger partial charge on any atom is -0.463 e.